The predicted octanol–water partition coefficient (Wildman–Crippen LogP) is 5.70. The van der Waals surface area contributed by atoms with Gasteiger partial charge in [-0.2, -0.15) is 0 Å². The molecular formula is C24H26N2O2S. The molecular weight excluding hydrogens is 380 g/mol. The SMILES string of the molecule is CCc1sc(C(=O)N(C)C(C)c2cccc(NC(=O)c3ccccc3)c2)cc1C. The van der Waals surface area contributed by atoms with Crippen LogP contribution in [0.5, 0.6) is 0 Å². The van der Waals surface area contributed by atoms with E-state index in [1.807, 2.05) is 62.5 Å². The van der Waals surface area contributed by atoms with Crippen LogP contribution >= 0.6 is 11.3 Å². The van der Waals surface area contributed by atoms with Crippen LogP contribution in [0.15, 0.2) is 60.7 Å². The third-order valence-corrected chi connectivity index (χ3v) is 6.49. The molecule has 29 heavy (non-hydrogen) atoms. The minimum absolute atomic E-state index is 0.0176. The molecule has 1 atom stereocenters. The molecule has 0 aliphatic rings. The molecule has 0 aliphatic heterocycles. The quantitative estimate of drug-likeness (QED) is 0.570. The Morgan fingerprint density at radius 3 is 2.45 bits per heavy atom. The molecule has 0 bridgehead atoms. The first-order chi connectivity index (χ1) is 13.9. The molecule has 2 amide bonds. The van der Waals surface area contributed by atoms with E-state index < -0.39 is 0 Å². The molecule has 0 aliphatic carbocycles. The summed E-state index contributed by atoms with van der Waals surface area (Å²) in [6.07, 6.45) is 0.937. The van der Waals surface area contributed by atoms with E-state index >= 15 is 0 Å². The summed E-state index contributed by atoms with van der Waals surface area (Å²) < 4.78 is 0. The number of hydrogen-bond acceptors (Lipinski definition) is 3. The maximum atomic E-state index is 13.0. The summed E-state index contributed by atoms with van der Waals surface area (Å²) in [5, 5.41) is 2.93. The molecule has 0 saturated heterocycles. The maximum absolute atomic E-state index is 13.0. The highest BCUT2D eigenvalue weighted by Crippen LogP contribution is 2.28. The Bertz CT molecular complexity index is 1010. The Hall–Kier alpha value is -2.92. The van der Waals surface area contributed by atoms with Gasteiger partial charge < -0.3 is 10.2 Å². The number of carbonyl (C=O) groups excluding carboxylic acids is 2. The van der Waals surface area contributed by atoms with Crippen molar-refractivity contribution in [2.75, 3.05) is 12.4 Å². The number of nitrogens with one attached hydrogen (secondary N) is 1. The summed E-state index contributed by atoms with van der Waals surface area (Å²) in [6, 6.07) is 18.6. The number of thiophene rings is 1. The van der Waals surface area contributed by atoms with E-state index in [4.69, 9.17) is 0 Å². The lowest BCUT2D eigenvalue weighted by Gasteiger charge is -2.25. The van der Waals surface area contributed by atoms with Gasteiger partial charge >= 0.3 is 0 Å². The molecule has 5 heteroatoms. The van der Waals surface area contributed by atoms with Crippen molar-refractivity contribution in [3.8, 4) is 0 Å². The molecule has 0 radical (unpaired) electrons. The van der Waals surface area contributed by atoms with Crippen LogP contribution in [0.25, 0.3) is 0 Å². The van der Waals surface area contributed by atoms with Crippen LogP contribution in [0.3, 0.4) is 0 Å². The van der Waals surface area contributed by atoms with Gasteiger partial charge in [0.1, 0.15) is 0 Å². The molecule has 4 nitrogen and oxygen atoms in total. The first-order valence-electron chi connectivity index (χ1n) is 9.73. The van der Waals surface area contributed by atoms with Gasteiger partial charge in [-0.3, -0.25) is 9.59 Å². The van der Waals surface area contributed by atoms with E-state index in [-0.39, 0.29) is 17.9 Å². The van der Waals surface area contributed by atoms with Gasteiger partial charge in [0.05, 0.1) is 10.9 Å². The molecule has 3 rings (SSSR count). The Morgan fingerprint density at radius 2 is 1.79 bits per heavy atom. The average Bonchev–Trinajstić information content (AvgIpc) is 3.13. The normalized spacial score (nSPS) is 11.7. The summed E-state index contributed by atoms with van der Waals surface area (Å²) in [5.41, 5.74) is 3.46. The zero-order valence-corrected chi connectivity index (χ0v) is 18.0. The molecule has 1 heterocycles. The predicted molar refractivity (Wildman–Crippen MR) is 120 cm³/mol. The largest absolute Gasteiger partial charge is 0.334 e. The molecule has 0 spiro atoms. The van der Waals surface area contributed by atoms with E-state index in [0.717, 1.165) is 16.9 Å². The molecule has 0 saturated carbocycles. The second-order valence-corrected chi connectivity index (χ2v) is 8.24. The van der Waals surface area contributed by atoms with Crippen LogP contribution in [0.1, 0.15) is 55.9 Å². The Morgan fingerprint density at radius 1 is 1.07 bits per heavy atom. The molecule has 2 aromatic carbocycles. The number of anilines is 1. The van der Waals surface area contributed by atoms with Gasteiger partial charge in [-0.25, -0.2) is 0 Å². The third kappa shape index (κ3) is 4.74. The monoisotopic (exact) mass is 406 g/mol. The minimum Gasteiger partial charge on any atom is -0.334 e. The van der Waals surface area contributed by atoms with Crippen LogP contribution in [0.2, 0.25) is 0 Å². The number of rotatable bonds is 6. The molecule has 150 valence electrons. The van der Waals surface area contributed by atoms with Crippen molar-refractivity contribution in [2.45, 2.75) is 33.2 Å². The number of carbonyl (C=O) groups is 2. The summed E-state index contributed by atoms with van der Waals surface area (Å²) in [6.45, 7) is 6.15. The van der Waals surface area contributed by atoms with Crippen LogP contribution in [-0.2, 0) is 6.42 Å². The van der Waals surface area contributed by atoms with Crippen molar-refractivity contribution in [1.29, 1.82) is 0 Å². The van der Waals surface area contributed by atoms with Crippen LogP contribution in [0, 0.1) is 6.92 Å². The zero-order valence-electron chi connectivity index (χ0n) is 17.2. The second kappa shape index (κ2) is 9.05. The topological polar surface area (TPSA) is 49.4 Å². The van der Waals surface area contributed by atoms with Crippen molar-refractivity contribution in [2.24, 2.45) is 0 Å². The zero-order chi connectivity index (χ0) is 21.0. The van der Waals surface area contributed by atoms with Crippen molar-refractivity contribution < 1.29 is 9.59 Å². The molecule has 0 fully saturated rings. The van der Waals surface area contributed by atoms with Gasteiger partial charge in [0.15, 0.2) is 0 Å². The highest BCUT2D eigenvalue weighted by atomic mass is 32.1. The van der Waals surface area contributed by atoms with Gasteiger partial charge in [0.25, 0.3) is 11.8 Å². The van der Waals surface area contributed by atoms with Crippen LogP contribution in [-0.4, -0.2) is 23.8 Å². The van der Waals surface area contributed by atoms with Crippen molar-refractivity contribution in [1.82, 2.24) is 4.90 Å². The molecule has 3 aromatic rings. The third-order valence-electron chi connectivity index (χ3n) is 5.12. The standard InChI is InChI=1S/C24H26N2O2S/c1-5-21-16(2)14-22(29-21)24(28)26(4)17(3)19-12-9-13-20(15-19)25-23(27)18-10-7-6-8-11-18/h6-15,17H,5H2,1-4H3,(H,25,27). The van der Waals surface area contributed by atoms with E-state index in [0.29, 0.717) is 11.3 Å². The lowest BCUT2D eigenvalue weighted by Crippen LogP contribution is -2.29. The van der Waals surface area contributed by atoms with Crippen molar-refractivity contribution >= 4 is 28.8 Å². The van der Waals surface area contributed by atoms with Gasteiger partial charge in [0, 0.05) is 23.2 Å². The Kier molecular flexibility index (Phi) is 6.49. The summed E-state index contributed by atoms with van der Waals surface area (Å²) in [5.74, 6) is -0.134. The van der Waals surface area contributed by atoms with Crippen LogP contribution < -0.4 is 5.32 Å². The average molecular weight is 407 g/mol. The first kappa shape index (κ1) is 20.8. The lowest BCUT2D eigenvalue weighted by molar-refractivity contribution is 0.0747. The number of hydrogen-bond donors (Lipinski definition) is 1. The lowest BCUT2D eigenvalue weighted by atomic mass is 10.1. The van der Waals surface area contributed by atoms with E-state index in [1.54, 1.807) is 28.4 Å². The van der Waals surface area contributed by atoms with E-state index in [2.05, 4.69) is 19.2 Å². The van der Waals surface area contributed by atoms with Gasteiger partial charge in [-0.05, 0) is 61.7 Å². The number of aryl methyl sites for hydroxylation is 2. The van der Waals surface area contributed by atoms with E-state index in [1.165, 1.54) is 10.4 Å². The fourth-order valence-corrected chi connectivity index (χ4v) is 4.32. The van der Waals surface area contributed by atoms with Gasteiger partial charge in [-0.1, -0.05) is 37.3 Å². The Balaban J connectivity index is 1.75. The second-order valence-electron chi connectivity index (χ2n) is 7.11. The van der Waals surface area contributed by atoms with E-state index in [9.17, 15) is 9.59 Å². The molecule has 1 aromatic heterocycles. The molecule has 1 unspecified atom stereocenters. The molecule has 1 N–H and O–H groups in total. The fourth-order valence-electron chi connectivity index (χ4n) is 3.22. The summed E-state index contributed by atoms with van der Waals surface area (Å²) in [4.78, 5) is 29.1. The van der Waals surface area contributed by atoms with Crippen molar-refractivity contribution in [3.63, 3.8) is 0 Å². The summed E-state index contributed by atoms with van der Waals surface area (Å²) in [7, 11) is 1.82. The number of nitrogens with zero attached hydrogens (tertiary/aromatic N) is 1. The maximum Gasteiger partial charge on any atom is 0.264 e. The number of amides is 2. The van der Waals surface area contributed by atoms with Gasteiger partial charge in [-0.15, -0.1) is 11.3 Å². The first-order valence-corrected chi connectivity index (χ1v) is 10.5. The number of benzene rings is 2. The van der Waals surface area contributed by atoms with Crippen molar-refractivity contribution in [3.05, 3.63) is 87.1 Å². The smallest absolute Gasteiger partial charge is 0.264 e. The van der Waals surface area contributed by atoms with Gasteiger partial charge in [0.2, 0.25) is 0 Å². The highest BCUT2D eigenvalue weighted by molar-refractivity contribution is 7.14. The van der Waals surface area contributed by atoms with Crippen LogP contribution in [0.4, 0.5) is 5.69 Å². The fraction of sp³-hybridized carbons (Fsp3) is 0.250. The highest BCUT2D eigenvalue weighted by Gasteiger charge is 2.21. The Labute approximate surface area is 176 Å². The summed E-state index contributed by atoms with van der Waals surface area (Å²) >= 11 is 1.57. The minimum atomic E-state index is -0.152.